The third-order valence-corrected chi connectivity index (χ3v) is 4.47. The Labute approximate surface area is 146 Å². The summed E-state index contributed by atoms with van der Waals surface area (Å²) in [7, 11) is 0. The van der Waals surface area contributed by atoms with E-state index < -0.39 is 6.10 Å². The molecular formula is C20H20N2O3. The lowest BCUT2D eigenvalue weighted by Gasteiger charge is -2.31. The van der Waals surface area contributed by atoms with Gasteiger partial charge < -0.3 is 19.8 Å². The van der Waals surface area contributed by atoms with E-state index in [0.717, 1.165) is 11.9 Å². The van der Waals surface area contributed by atoms with E-state index in [0.29, 0.717) is 18.0 Å². The van der Waals surface area contributed by atoms with Gasteiger partial charge in [-0.15, -0.1) is 0 Å². The Morgan fingerprint density at radius 2 is 1.80 bits per heavy atom. The second-order valence-corrected chi connectivity index (χ2v) is 6.21. The highest BCUT2D eigenvalue weighted by atomic mass is 16.6. The third-order valence-electron chi connectivity index (χ3n) is 4.47. The van der Waals surface area contributed by atoms with E-state index in [9.17, 15) is 4.79 Å². The van der Waals surface area contributed by atoms with E-state index in [1.807, 2.05) is 55.6 Å². The molecule has 0 spiro atoms. The monoisotopic (exact) mass is 336 g/mol. The van der Waals surface area contributed by atoms with Crippen molar-refractivity contribution in [3.63, 3.8) is 0 Å². The molecule has 25 heavy (non-hydrogen) atoms. The summed E-state index contributed by atoms with van der Waals surface area (Å²) in [6, 6.07) is 15.6. The number of ether oxygens (including phenoxy) is 2. The van der Waals surface area contributed by atoms with E-state index in [2.05, 4.69) is 16.4 Å². The number of aromatic nitrogens is 1. The van der Waals surface area contributed by atoms with Gasteiger partial charge in [0.1, 0.15) is 6.10 Å². The highest BCUT2D eigenvalue weighted by Crippen LogP contribution is 2.33. The molecule has 1 aliphatic rings. The maximum Gasteiger partial charge on any atom is 0.265 e. The molecule has 0 saturated carbocycles. The van der Waals surface area contributed by atoms with Crippen molar-refractivity contribution >= 4 is 16.8 Å². The Morgan fingerprint density at radius 1 is 1.08 bits per heavy atom. The van der Waals surface area contributed by atoms with Crippen LogP contribution in [0.4, 0.5) is 0 Å². The van der Waals surface area contributed by atoms with Gasteiger partial charge in [-0.2, -0.15) is 0 Å². The Morgan fingerprint density at radius 3 is 2.64 bits per heavy atom. The zero-order chi connectivity index (χ0) is 17.2. The van der Waals surface area contributed by atoms with Gasteiger partial charge in [0.25, 0.3) is 5.91 Å². The summed E-state index contributed by atoms with van der Waals surface area (Å²) in [5.41, 5.74) is 2.30. The summed E-state index contributed by atoms with van der Waals surface area (Å²) in [6.45, 7) is 2.40. The summed E-state index contributed by atoms with van der Waals surface area (Å²) in [6.07, 6.45) is 1.78. The normalized spacial score (nSPS) is 18.9. The van der Waals surface area contributed by atoms with Crippen LogP contribution in [0.5, 0.6) is 11.5 Å². The Bertz CT molecular complexity index is 903. The number of aromatic amines is 1. The van der Waals surface area contributed by atoms with Crippen molar-refractivity contribution in [1.82, 2.24) is 10.3 Å². The summed E-state index contributed by atoms with van der Waals surface area (Å²) in [5.74, 6) is 1.14. The van der Waals surface area contributed by atoms with Crippen LogP contribution in [-0.4, -0.2) is 29.6 Å². The first-order valence-electron chi connectivity index (χ1n) is 8.47. The van der Waals surface area contributed by atoms with Gasteiger partial charge in [0.05, 0.1) is 0 Å². The molecule has 0 unspecified atom stereocenters. The number of rotatable bonds is 4. The molecule has 5 nitrogen and oxygen atoms in total. The number of nitrogens with one attached hydrogen (secondary N) is 2. The van der Waals surface area contributed by atoms with Gasteiger partial charge in [0, 0.05) is 23.6 Å². The van der Waals surface area contributed by atoms with Crippen LogP contribution in [0.3, 0.4) is 0 Å². The first-order chi connectivity index (χ1) is 12.2. The van der Waals surface area contributed by atoms with Crippen LogP contribution < -0.4 is 14.8 Å². The molecule has 2 aromatic carbocycles. The lowest BCUT2D eigenvalue weighted by atomic mass is 10.1. The zero-order valence-electron chi connectivity index (χ0n) is 14.0. The molecule has 5 heteroatoms. The molecule has 0 aliphatic carbocycles. The lowest BCUT2D eigenvalue weighted by molar-refractivity contribution is -0.133. The van der Waals surface area contributed by atoms with Crippen LogP contribution in [0.1, 0.15) is 12.5 Å². The van der Waals surface area contributed by atoms with Crippen molar-refractivity contribution in [2.75, 3.05) is 6.54 Å². The van der Waals surface area contributed by atoms with Gasteiger partial charge in [0.2, 0.25) is 6.10 Å². The minimum absolute atomic E-state index is 0.151. The van der Waals surface area contributed by atoms with Crippen LogP contribution in [0.2, 0.25) is 0 Å². The van der Waals surface area contributed by atoms with Gasteiger partial charge in [-0.25, -0.2) is 0 Å². The Hall–Kier alpha value is -2.95. The number of hydrogen-bond acceptors (Lipinski definition) is 3. The summed E-state index contributed by atoms with van der Waals surface area (Å²) in [4.78, 5) is 15.7. The Kier molecular flexibility index (Phi) is 4.06. The second kappa shape index (κ2) is 6.51. The van der Waals surface area contributed by atoms with Crippen LogP contribution >= 0.6 is 0 Å². The number of hydrogen-bond donors (Lipinski definition) is 2. The number of fused-ring (bicyclic) bond motifs is 2. The number of para-hydroxylation sites is 3. The number of amides is 1. The second-order valence-electron chi connectivity index (χ2n) is 6.21. The number of H-pyrrole nitrogens is 1. The van der Waals surface area contributed by atoms with Crippen molar-refractivity contribution in [2.24, 2.45) is 0 Å². The van der Waals surface area contributed by atoms with E-state index in [4.69, 9.17) is 9.47 Å². The topological polar surface area (TPSA) is 63.4 Å². The fraction of sp³-hybridized carbons (Fsp3) is 0.250. The minimum atomic E-state index is -0.641. The van der Waals surface area contributed by atoms with E-state index in [1.165, 1.54) is 10.9 Å². The summed E-state index contributed by atoms with van der Waals surface area (Å²) >= 11 is 0. The molecule has 1 aliphatic heterocycles. The molecule has 128 valence electrons. The predicted octanol–water partition coefficient (Wildman–Crippen LogP) is 3.06. The van der Waals surface area contributed by atoms with Gasteiger partial charge in [-0.3, -0.25) is 4.79 Å². The van der Waals surface area contributed by atoms with Crippen molar-refractivity contribution in [3.8, 4) is 11.5 Å². The Balaban J connectivity index is 1.38. The van der Waals surface area contributed by atoms with Gasteiger partial charge in [0.15, 0.2) is 11.5 Å². The molecule has 0 saturated heterocycles. The van der Waals surface area contributed by atoms with Crippen molar-refractivity contribution in [3.05, 3.63) is 60.3 Å². The predicted molar refractivity (Wildman–Crippen MR) is 96.0 cm³/mol. The van der Waals surface area contributed by atoms with Crippen molar-refractivity contribution in [2.45, 2.75) is 25.6 Å². The maximum atomic E-state index is 12.5. The van der Waals surface area contributed by atoms with Gasteiger partial charge in [-0.05, 0) is 37.1 Å². The molecule has 3 aromatic rings. The summed E-state index contributed by atoms with van der Waals surface area (Å²) in [5, 5.41) is 4.15. The molecule has 4 rings (SSSR count). The molecule has 2 atom stereocenters. The van der Waals surface area contributed by atoms with E-state index in [-0.39, 0.29) is 12.0 Å². The lowest BCUT2D eigenvalue weighted by Crippen LogP contribution is -2.49. The van der Waals surface area contributed by atoms with Crippen LogP contribution in [0.25, 0.3) is 10.9 Å². The highest BCUT2D eigenvalue weighted by molar-refractivity contribution is 5.84. The van der Waals surface area contributed by atoms with Crippen molar-refractivity contribution in [1.29, 1.82) is 0 Å². The van der Waals surface area contributed by atoms with Crippen LogP contribution in [-0.2, 0) is 11.2 Å². The zero-order valence-corrected chi connectivity index (χ0v) is 14.0. The van der Waals surface area contributed by atoms with E-state index >= 15 is 0 Å². The van der Waals surface area contributed by atoms with Crippen LogP contribution in [0, 0.1) is 0 Å². The first-order valence-corrected chi connectivity index (χ1v) is 8.47. The molecule has 0 fully saturated rings. The largest absolute Gasteiger partial charge is 0.482 e. The van der Waals surface area contributed by atoms with Crippen molar-refractivity contribution < 1.29 is 14.3 Å². The number of benzene rings is 2. The minimum Gasteiger partial charge on any atom is -0.482 e. The summed E-state index contributed by atoms with van der Waals surface area (Å²) < 4.78 is 11.6. The average Bonchev–Trinajstić information content (AvgIpc) is 3.04. The smallest absolute Gasteiger partial charge is 0.265 e. The number of carbonyl (C=O) groups excluding carboxylic acids is 1. The molecule has 0 radical (unpaired) electrons. The molecule has 2 heterocycles. The maximum absolute atomic E-state index is 12.5. The molecular weight excluding hydrogens is 316 g/mol. The fourth-order valence-corrected chi connectivity index (χ4v) is 3.17. The standard InChI is InChI=1S/C20H20N2O3/c1-13-19(25-18-9-5-4-8-17(18)24-13)20(23)21-11-10-14-12-22-16-7-3-2-6-15(14)16/h2-9,12-13,19,22H,10-11H2,1H3,(H,21,23)/t13-,19+/m1/s1. The fourth-order valence-electron chi connectivity index (χ4n) is 3.17. The molecule has 0 bridgehead atoms. The SMILES string of the molecule is C[C@H]1Oc2ccccc2O[C@@H]1C(=O)NCCc1c[nH]c2ccccc12. The molecule has 1 amide bonds. The quantitative estimate of drug-likeness (QED) is 0.770. The first kappa shape index (κ1) is 15.6. The molecule has 1 aromatic heterocycles. The van der Waals surface area contributed by atoms with Crippen LogP contribution in [0.15, 0.2) is 54.7 Å². The van der Waals surface area contributed by atoms with E-state index in [1.54, 1.807) is 0 Å². The average molecular weight is 336 g/mol. The third kappa shape index (κ3) is 3.05. The number of carbonyl (C=O) groups is 1. The van der Waals surface area contributed by atoms with Gasteiger partial charge in [-0.1, -0.05) is 30.3 Å². The van der Waals surface area contributed by atoms with Gasteiger partial charge >= 0.3 is 0 Å². The highest BCUT2D eigenvalue weighted by Gasteiger charge is 2.33. The molecule has 2 N–H and O–H groups in total.